The van der Waals surface area contributed by atoms with Crippen LogP contribution in [0.3, 0.4) is 0 Å². The van der Waals surface area contributed by atoms with Gasteiger partial charge < -0.3 is 15.3 Å². The first-order valence-corrected chi connectivity index (χ1v) is 8.32. The zero-order valence-corrected chi connectivity index (χ0v) is 14.1. The number of hydrogen-bond acceptors (Lipinski definition) is 3. The van der Waals surface area contributed by atoms with Crippen LogP contribution in [0, 0.1) is 5.92 Å². The molecule has 24 heavy (non-hydrogen) atoms. The highest BCUT2D eigenvalue weighted by atomic mass is 16.4. The first kappa shape index (κ1) is 18.0. The molecule has 6 heteroatoms. The van der Waals surface area contributed by atoms with Crippen LogP contribution in [0.15, 0.2) is 24.3 Å². The Morgan fingerprint density at radius 2 is 2.08 bits per heavy atom. The molecule has 1 fully saturated rings. The standard InChI is InChI=1S/C18H24N2O4/c1-3-12(2)14-6-4-5-7-15(14)20-11-13(10-16(20)21)18(24)19-9-8-17(22)23/h4-7,12-13H,3,8-11H2,1-2H3,(H,19,24)(H,22,23). The van der Waals surface area contributed by atoms with Crippen LogP contribution in [0.25, 0.3) is 0 Å². The van der Waals surface area contributed by atoms with E-state index in [1.54, 1.807) is 4.90 Å². The van der Waals surface area contributed by atoms with Crippen LogP contribution in [0.2, 0.25) is 0 Å². The number of nitrogens with one attached hydrogen (secondary N) is 1. The summed E-state index contributed by atoms with van der Waals surface area (Å²) < 4.78 is 0. The van der Waals surface area contributed by atoms with Crippen molar-refractivity contribution in [2.75, 3.05) is 18.0 Å². The number of hydrogen-bond donors (Lipinski definition) is 2. The van der Waals surface area contributed by atoms with Gasteiger partial charge in [0.25, 0.3) is 0 Å². The second kappa shape index (κ2) is 7.95. The highest BCUT2D eigenvalue weighted by molar-refractivity contribution is 6.00. The maximum Gasteiger partial charge on any atom is 0.305 e. The summed E-state index contributed by atoms with van der Waals surface area (Å²) in [5.41, 5.74) is 1.98. The van der Waals surface area contributed by atoms with Crippen molar-refractivity contribution in [2.24, 2.45) is 5.92 Å². The lowest BCUT2D eigenvalue weighted by Crippen LogP contribution is -2.34. The highest BCUT2D eigenvalue weighted by Gasteiger charge is 2.36. The summed E-state index contributed by atoms with van der Waals surface area (Å²) in [6, 6.07) is 7.80. The fourth-order valence-corrected chi connectivity index (χ4v) is 2.92. The lowest BCUT2D eigenvalue weighted by atomic mass is 9.96. The summed E-state index contributed by atoms with van der Waals surface area (Å²) in [6.07, 6.45) is 1.01. The van der Waals surface area contributed by atoms with Gasteiger partial charge in [-0.3, -0.25) is 14.4 Å². The molecule has 1 aromatic rings. The Morgan fingerprint density at radius 1 is 1.38 bits per heavy atom. The monoisotopic (exact) mass is 332 g/mol. The fourth-order valence-electron chi connectivity index (χ4n) is 2.92. The number of para-hydroxylation sites is 1. The molecule has 0 aromatic heterocycles. The summed E-state index contributed by atoms with van der Waals surface area (Å²) in [6.45, 7) is 4.65. The molecule has 1 aliphatic rings. The van der Waals surface area contributed by atoms with E-state index in [0.29, 0.717) is 12.5 Å². The number of amides is 2. The molecule has 1 heterocycles. The Balaban J connectivity index is 2.08. The minimum atomic E-state index is -0.957. The molecule has 0 aliphatic carbocycles. The van der Waals surface area contributed by atoms with Crippen molar-refractivity contribution >= 4 is 23.5 Å². The normalized spacial score (nSPS) is 18.5. The number of carbonyl (C=O) groups is 3. The van der Waals surface area contributed by atoms with Crippen molar-refractivity contribution < 1.29 is 19.5 Å². The van der Waals surface area contributed by atoms with E-state index in [0.717, 1.165) is 17.7 Å². The molecule has 1 aliphatic heterocycles. The summed E-state index contributed by atoms with van der Waals surface area (Å²) in [7, 11) is 0. The third-order valence-electron chi connectivity index (χ3n) is 4.50. The number of anilines is 1. The molecule has 0 bridgehead atoms. The van der Waals surface area contributed by atoms with Gasteiger partial charge in [-0.1, -0.05) is 32.0 Å². The number of aliphatic carboxylic acids is 1. The second-order valence-electron chi connectivity index (χ2n) is 6.21. The van der Waals surface area contributed by atoms with Crippen molar-refractivity contribution in [3.8, 4) is 0 Å². The topological polar surface area (TPSA) is 86.7 Å². The molecule has 0 spiro atoms. The van der Waals surface area contributed by atoms with E-state index in [4.69, 9.17) is 5.11 Å². The summed E-state index contributed by atoms with van der Waals surface area (Å²) >= 11 is 0. The van der Waals surface area contributed by atoms with E-state index < -0.39 is 11.9 Å². The number of nitrogens with zero attached hydrogens (tertiary/aromatic N) is 1. The van der Waals surface area contributed by atoms with Crippen LogP contribution in [0.4, 0.5) is 5.69 Å². The lowest BCUT2D eigenvalue weighted by molar-refractivity contribution is -0.137. The first-order valence-electron chi connectivity index (χ1n) is 8.32. The fraction of sp³-hybridized carbons (Fsp3) is 0.500. The van der Waals surface area contributed by atoms with Crippen LogP contribution < -0.4 is 10.2 Å². The van der Waals surface area contributed by atoms with Gasteiger partial charge in [0, 0.05) is 25.2 Å². The number of rotatable bonds is 7. The third kappa shape index (κ3) is 4.13. The van der Waals surface area contributed by atoms with Crippen molar-refractivity contribution in [3.63, 3.8) is 0 Å². The van der Waals surface area contributed by atoms with Gasteiger partial charge in [0.2, 0.25) is 11.8 Å². The van der Waals surface area contributed by atoms with Gasteiger partial charge in [-0.25, -0.2) is 0 Å². The molecule has 2 amide bonds. The zero-order chi connectivity index (χ0) is 17.7. The van der Waals surface area contributed by atoms with Crippen molar-refractivity contribution in [3.05, 3.63) is 29.8 Å². The number of carbonyl (C=O) groups excluding carboxylic acids is 2. The quantitative estimate of drug-likeness (QED) is 0.801. The Hall–Kier alpha value is -2.37. The maximum atomic E-state index is 12.4. The van der Waals surface area contributed by atoms with Crippen LogP contribution in [-0.4, -0.2) is 36.0 Å². The van der Waals surface area contributed by atoms with Gasteiger partial charge in [0.1, 0.15) is 0 Å². The van der Waals surface area contributed by atoms with Gasteiger partial charge in [-0.05, 0) is 24.0 Å². The molecule has 2 atom stereocenters. The average Bonchev–Trinajstić information content (AvgIpc) is 2.95. The molecule has 2 rings (SSSR count). The van der Waals surface area contributed by atoms with Gasteiger partial charge in [-0.2, -0.15) is 0 Å². The predicted octanol–water partition coefficient (Wildman–Crippen LogP) is 2.14. The lowest BCUT2D eigenvalue weighted by Gasteiger charge is -2.23. The molecule has 0 saturated carbocycles. The van der Waals surface area contributed by atoms with Crippen LogP contribution >= 0.6 is 0 Å². The molecule has 6 nitrogen and oxygen atoms in total. The molecule has 2 unspecified atom stereocenters. The Morgan fingerprint density at radius 3 is 2.75 bits per heavy atom. The molecule has 1 aromatic carbocycles. The maximum absolute atomic E-state index is 12.4. The van der Waals surface area contributed by atoms with Gasteiger partial charge in [0.15, 0.2) is 0 Å². The smallest absolute Gasteiger partial charge is 0.305 e. The minimum absolute atomic E-state index is 0.0656. The van der Waals surface area contributed by atoms with E-state index in [1.807, 2.05) is 24.3 Å². The molecular formula is C18H24N2O4. The summed E-state index contributed by atoms with van der Waals surface area (Å²) in [5, 5.41) is 11.2. The molecule has 0 radical (unpaired) electrons. The first-order chi connectivity index (χ1) is 11.4. The predicted molar refractivity (Wildman–Crippen MR) is 90.9 cm³/mol. The second-order valence-corrected chi connectivity index (χ2v) is 6.21. The van der Waals surface area contributed by atoms with Crippen LogP contribution in [-0.2, 0) is 14.4 Å². The Labute approximate surface area is 141 Å². The Kier molecular flexibility index (Phi) is 5.95. The molecule has 2 N–H and O–H groups in total. The van der Waals surface area contributed by atoms with E-state index in [-0.39, 0.29) is 31.2 Å². The Bertz CT molecular complexity index is 629. The van der Waals surface area contributed by atoms with Gasteiger partial charge in [-0.15, -0.1) is 0 Å². The van der Waals surface area contributed by atoms with E-state index in [9.17, 15) is 14.4 Å². The van der Waals surface area contributed by atoms with Crippen LogP contribution in [0.5, 0.6) is 0 Å². The SMILES string of the molecule is CCC(C)c1ccccc1N1CC(C(=O)NCCC(=O)O)CC1=O. The number of carboxylic acid groups (broad SMARTS) is 1. The van der Waals surface area contributed by atoms with E-state index in [1.165, 1.54) is 0 Å². The number of carboxylic acids is 1. The zero-order valence-electron chi connectivity index (χ0n) is 14.1. The third-order valence-corrected chi connectivity index (χ3v) is 4.50. The largest absolute Gasteiger partial charge is 0.481 e. The highest BCUT2D eigenvalue weighted by Crippen LogP contribution is 2.33. The van der Waals surface area contributed by atoms with Crippen molar-refractivity contribution in [1.82, 2.24) is 5.32 Å². The van der Waals surface area contributed by atoms with Crippen LogP contribution in [0.1, 0.15) is 44.6 Å². The minimum Gasteiger partial charge on any atom is -0.481 e. The molecule has 130 valence electrons. The van der Waals surface area contributed by atoms with Crippen molar-refractivity contribution in [1.29, 1.82) is 0 Å². The van der Waals surface area contributed by atoms with Crippen molar-refractivity contribution in [2.45, 2.75) is 39.0 Å². The van der Waals surface area contributed by atoms with E-state index >= 15 is 0 Å². The summed E-state index contributed by atoms with van der Waals surface area (Å²) in [5.74, 6) is -1.38. The average molecular weight is 332 g/mol. The molecular weight excluding hydrogens is 308 g/mol. The van der Waals surface area contributed by atoms with E-state index in [2.05, 4.69) is 19.2 Å². The molecule has 1 saturated heterocycles. The van der Waals surface area contributed by atoms with Gasteiger partial charge in [0.05, 0.1) is 12.3 Å². The summed E-state index contributed by atoms with van der Waals surface area (Å²) in [4.78, 5) is 36.7. The number of benzene rings is 1. The van der Waals surface area contributed by atoms with Gasteiger partial charge >= 0.3 is 5.97 Å².